The van der Waals surface area contributed by atoms with E-state index in [9.17, 15) is 5.11 Å². The Bertz CT molecular complexity index is 769. The zero-order chi connectivity index (χ0) is 21.3. The molecule has 0 spiro atoms. The Morgan fingerprint density at radius 3 is 2.63 bits per heavy atom. The third-order valence-electron chi connectivity index (χ3n) is 5.23. The summed E-state index contributed by atoms with van der Waals surface area (Å²) in [6.45, 7) is 12.9. The number of aliphatic hydroxyl groups is 1. The van der Waals surface area contributed by atoms with E-state index in [1.54, 1.807) is 6.08 Å². The van der Waals surface area contributed by atoms with Crippen molar-refractivity contribution in [1.29, 1.82) is 0 Å². The molecule has 1 aromatic heterocycles. The molecular formula is C24H35N3O3. The monoisotopic (exact) mass is 413 g/mol. The van der Waals surface area contributed by atoms with Crippen LogP contribution in [0.25, 0.3) is 11.3 Å². The van der Waals surface area contributed by atoms with Crippen LogP contribution in [-0.2, 0) is 11.3 Å². The number of benzene rings is 1. The normalized spacial score (nSPS) is 15.3. The lowest BCUT2D eigenvalue weighted by Crippen LogP contribution is -2.37. The number of aromatic nitrogens is 1. The van der Waals surface area contributed by atoms with Crippen LogP contribution in [-0.4, -0.2) is 60.7 Å². The van der Waals surface area contributed by atoms with Crippen molar-refractivity contribution in [2.24, 2.45) is 5.92 Å². The molecule has 0 aliphatic carbocycles. The fourth-order valence-corrected chi connectivity index (χ4v) is 4.02. The number of anilines is 1. The lowest BCUT2D eigenvalue weighted by Gasteiger charge is -2.27. The minimum atomic E-state index is -0.557. The van der Waals surface area contributed by atoms with Crippen molar-refractivity contribution in [3.8, 4) is 11.3 Å². The van der Waals surface area contributed by atoms with Gasteiger partial charge < -0.3 is 19.3 Å². The summed E-state index contributed by atoms with van der Waals surface area (Å²) in [6, 6.07) is 10.2. The molecule has 6 nitrogen and oxygen atoms in total. The van der Waals surface area contributed by atoms with Gasteiger partial charge >= 0.3 is 0 Å². The first kappa shape index (κ1) is 22.5. The molecule has 0 bridgehead atoms. The Hall–Kier alpha value is -2.15. The summed E-state index contributed by atoms with van der Waals surface area (Å²) < 4.78 is 11.3. The van der Waals surface area contributed by atoms with Crippen molar-refractivity contribution in [2.75, 3.05) is 44.3 Å². The zero-order valence-electron chi connectivity index (χ0n) is 18.3. The molecule has 1 aromatic carbocycles. The van der Waals surface area contributed by atoms with E-state index >= 15 is 0 Å². The summed E-state index contributed by atoms with van der Waals surface area (Å²) in [5.41, 5.74) is 3.05. The Labute approximate surface area is 180 Å². The first-order valence-electron chi connectivity index (χ1n) is 11.0. The van der Waals surface area contributed by atoms with Crippen LogP contribution in [0.1, 0.15) is 32.3 Å². The summed E-state index contributed by atoms with van der Waals surface area (Å²) in [7, 11) is 0. The van der Waals surface area contributed by atoms with Crippen LogP contribution >= 0.6 is 0 Å². The summed E-state index contributed by atoms with van der Waals surface area (Å²) in [5.74, 6) is 1.35. The summed E-state index contributed by atoms with van der Waals surface area (Å²) in [6.07, 6.45) is 3.50. The molecule has 1 aliphatic rings. The van der Waals surface area contributed by atoms with Crippen LogP contribution in [0, 0.1) is 5.92 Å². The topological polar surface area (TPSA) is 62.0 Å². The summed E-state index contributed by atoms with van der Waals surface area (Å²) in [4.78, 5) is 4.58. The van der Waals surface area contributed by atoms with Crippen molar-refractivity contribution in [3.05, 3.63) is 48.6 Å². The van der Waals surface area contributed by atoms with Crippen molar-refractivity contribution < 1.29 is 14.4 Å². The maximum absolute atomic E-state index is 10.5. The molecule has 2 aromatic rings. The van der Waals surface area contributed by atoms with Gasteiger partial charge in [0.1, 0.15) is 5.69 Å². The van der Waals surface area contributed by atoms with E-state index in [0.29, 0.717) is 32.2 Å². The number of aliphatic hydroxyl groups excluding tert-OH is 1. The molecule has 2 heterocycles. The van der Waals surface area contributed by atoms with Gasteiger partial charge in [0.15, 0.2) is 0 Å². The van der Waals surface area contributed by atoms with Gasteiger partial charge in [0.05, 0.1) is 24.9 Å². The van der Waals surface area contributed by atoms with Crippen LogP contribution in [0.5, 0.6) is 0 Å². The van der Waals surface area contributed by atoms with Gasteiger partial charge in [-0.3, -0.25) is 4.90 Å². The fraction of sp³-hybridized carbons (Fsp3) is 0.542. The van der Waals surface area contributed by atoms with Gasteiger partial charge in [0, 0.05) is 38.3 Å². The van der Waals surface area contributed by atoms with Gasteiger partial charge in [-0.05, 0) is 18.8 Å². The predicted molar refractivity (Wildman–Crippen MR) is 121 cm³/mol. The third kappa shape index (κ3) is 6.17. The van der Waals surface area contributed by atoms with Crippen LogP contribution in [0.4, 0.5) is 5.88 Å². The highest BCUT2D eigenvalue weighted by Gasteiger charge is 2.27. The van der Waals surface area contributed by atoms with Crippen LogP contribution in [0.15, 0.2) is 47.5 Å². The molecule has 30 heavy (non-hydrogen) atoms. The van der Waals surface area contributed by atoms with E-state index < -0.39 is 6.10 Å². The Balaban J connectivity index is 1.84. The molecule has 6 heteroatoms. The van der Waals surface area contributed by atoms with E-state index in [0.717, 1.165) is 42.3 Å². The minimum absolute atomic E-state index is 0.300. The molecule has 0 unspecified atom stereocenters. The lowest BCUT2D eigenvalue weighted by atomic mass is 10.1. The van der Waals surface area contributed by atoms with Gasteiger partial charge in [-0.1, -0.05) is 55.4 Å². The molecule has 1 aliphatic heterocycles. The number of rotatable bonds is 12. The zero-order valence-corrected chi connectivity index (χ0v) is 18.3. The number of hydrogen-bond acceptors (Lipinski definition) is 6. The van der Waals surface area contributed by atoms with E-state index in [-0.39, 0.29) is 0 Å². The molecule has 3 rings (SSSR count). The van der Waals surface area contributed by atoms with Crippen molar-refractivity contribution in [3.63, 3.8) is 0 Å². The molecule has 1 atom stereocenters. The van der Waals surface area contributed by atoms with Gasteiger partial charge in [-0.2, -0.15) is 0 Å². The van der Waals surface area contributed by atoms with Crippen LogP contribution < -0.4 is 4.90 Å². The van der Waals surface area contributed by atoms with Gasteiger partial charge in [0.25, 0.3) is 0 Å². The molecule has 0 saturated carbocycles. The van der Waals surface area contributed by atoms with E-state index in [1.165, 1.54) is 12.8 Å². The molecule has 0 amide bonds. The minimum Gasteiger partial charge on any atom is -0.389 e. The Morgan fingerprint density at radius 2 is 1.97 bits per heavy atom. The molecule has 164 valence electrons. The summed E-state index contributed by atoms with van der Waals surface area (Å²) in [5, 5.41) is 15.0. The van der Waals surface area contributed by atoms with Crippen LogP contribution in [0.2, 0.25) is 0 Å². The third-order valence-corrected chi connectivity index (χ3v) is 5.23. The Morgan fingerprint density at radius 1 is 1.23 bits per heavy atom. The number of ether oxygens (including phenoxy) is 1. The smallest absolute Gasteiger partial charge is 0.232 e. The van der Waals surface area contributed by atoms with Gasteiger partial charge in [0.2, 0.25) is 5.88 Å². The first-order chi connectivity index (χ1) is 14.6. The average Bonchev–Trinajstić information content (AvgIpc) is 3.38. The first-order valence-corrected chi connectivity index (χ1v) is 11.0. The van der Waals surface area contributed by atoms with Crippen molar-refractivity contribution >= 4 is 5.88 Å². The van der Waals surface area contributed by atoms with E-state index in [2.05, 4.69) is 47.5 Å². The fourth-order valence-electron chi connectivity index (χ4n) is 4.02. The quantitative estimate of drug-likeness (QED) is 0.420. The largest absolute Gasteiger partial charge is 0.389 e. The molecule has 1 saturated heterocycles. The highest BCUT2D eigenvalue weighted by atomic mass is 16.5. The second-order valence-corrected chi connectivity index (χ2v) is 8.44. The van der Waals surface area contributed by atoms with Gasteiger partial charge in [-0.25, -0.2) is 0 Å². The summed E-state index contributed by atoms with van der Waals surface area (Å²) >= 11 is 0. The molecule has 1 N–H and O–H groups in total. The molecule has 1 fully saturated rings. The second-order valence-electron chi connectivity index (χ2n) is 8.44. The number of hydrogen-bond donors (Lipinski definition) is 1. The SMILES string of the molecule is C=CCOC[C@@H](O)CN(Cc1c(-c2ccccc2)noc1N1CCCC1)CC(C)C. The van der Waals surface area contributed by atoms with Gasteiger partial charge in [-0.15, -0.1) is 6.58 Å². The standard InChI is InChI=1S/C24H35N3O3/c1-4-14-29-18-21(28)16-26(15-19(2)3)17-22-23(20-10-6-5-7-11-20)25-30-24(22)27-12-8-9-13-27/h4-7,10-11,19,21,28H,1,8-9,12-18H2,2-3H3/t21-/m0/s1. The molecular weight excluding hydrogens is 378 g/mol. The van der Waals surface area contributed by atoms with E-state index in [4.69, 9.17) is 9.26 Å². The highest BCUT2D eigenvalue weighted by Crippen LogP contribution is 2.34. The second kappa shape index (κ2) is 11.3. The lowest BCUT2D eigenvalue weighted by molar-refractivity contribution is 0.0223. The van der Waals surface area contributed by atoms with Crippen molar-refractivity contribution in [2.45, 2.75) is 39.3 Å². The Kier molecular flexibility index (Phi) is 8.49. The molecule has 0 radical (unpaired) electrons. The van der Waals surface area contributed by atoms with E-state index in [1.807, 2.05) is 18.2 Å². The predicted octanol–water partition coefficient (Wildman–Crippen LogP) is 3.96. The van der Waals surface area contributed by atoms with Crippen molar-refractivity contribution in [1.82, 2.24) is 10.1 Å². The number of nitrogens with zero attached hydrogens (tertiary/aromatic N) is 3. The highest BCUT2D eigenvalue weighted by molar-refractivity contribution is 5.68. The maximum Gasteiger partial charge on any atom is 0.232 e. The average molecular weight is 414 g/mol. The maximum atomic E-state index is 10.5. The van der Waals surface area contributed by atoms with Crippen LogP contribution in [0.3, 0.4) is 0 Å².